The number of benzene rings is 2. The van der Waals surface area contributed by atoms with E-state index in [-0.39, 0.29) is 42.7 Å². The molecule has 2 amide bonds. The maximum Gasteiger partial charge on any atom is 0.264 e. The molecule has 0 aliphatic carbocycles. The Morgan fingerprint density at radius 1 is 1.00 bits per heavy atom. The molecule has 1 fully saturated rings. The molecule has 1 aliphatic rings. The third kappa shape index (κ3) is 7.72. The predicted molar refractivity (Wildman–Crippen MR) is 140 cm³/mol. The highest BCUT2D eigenvalue weighted by atomic mass is 32.2. The van der Waals surface area contributed by atoms with Gasteiger partial charge in [-0.15, -0.1) is 0 Å². The van der Waals surface area contributed by atoms with E-state index >= 15 is 0 Å². The second-order valence-corrected chi connectivity index (χ2v) is 11.3. The van der Waals surface area contributed by atoms with Crippen LogP contribution in [-0.4, -0.2) is 74.5 Å². The lowest BCUT2D eigenvalue weighted by molar-refractivity contribution is -0.139. The van der Waals surface area contributed by atoms with Crippen LogP contribution in [0, 0.1) is 5.92 Å². The molecule has 10 nitrogen and oxygen atoms in total. The van der Waals surface area contributed by atoms with Gasteiger partial charge in [0.25, 0.3) is 5.89 Å². The third-order valence-electron chi connectivity index (χ3n) is 6.25. The van der Waals surface area contributed by atoms with E-state index in [9.17, 15) is 22.8 Å². The number of ether oxygens (including phenoxy) is 1. The summed E-state index contributed by atoms with van der Waals surface area (Å²) in [6, 6.07) is 15.8. The summed E-state index contributed by atoms with van der Waals surface area (Å²) in [5.41, 5.74) is 1.73. The molecule has 0 radical (unpaired) electrons. The van der Waals surface area contributed by atoms with E-state index in [0.717, 1.165) is 0 Å². The minimum absolute atomic E-state index is 0.0125. The molecule has 11 heteroatoms. The molecule has 202 valence electrons. The van der Waals surface area contributed by atoms with Gasteiger partial charge in [-0.3, -0.25) is 14.4 Å². The SMILES string of the molecule is O=C(CCCNC(=O)[C@H](CC(=O)N1CCOCC1)CS(=O)(=O)Cc1ccccc1)c1nc2ccccc2o1. The fourth-order valence-corrected chi connectivity index (χ4v) is 5.98. The van der Waals surface area contributed by atoms with E-state index in [4.69, 9.17) is 9.15 Å². The lowest BCUT2D eigenvalue weighted by atomic mass is 10.1. The van der Waals surface area contributed by atoms with Crippen LogP contribution in [0.4, 0.5) is 0 Å². The van der Waals surface area contributed by atoms with Crippen LogP contribution in [0.3, 0.4) is 0 Å². The zero-order valence-corrected chi connectivity index (χ0v) is 21.8. The molecule has 2 aromatic carbocycles. The van der Waals surface area contributed by atoms with Crippen molar-refractivity contribution in [1.82, 2.24) is 15.2 Å². The quantitative estimate of drug-likeness (QED) is 0.273. The molecule has 38 heavy (non-hydrogen) atoms. The number of fused-ring (bicyclic) bond motifs is 1. The Morgan fingerprint density at radius 2 is 1.71 bits per heavy atom. The smallest absolute Gasteiger partial charge is 0.264 e. The van der Waals surface area contributed by atoms with Crippen molar-refractivity contribution in [2.45, 2.75) is 25.0 Å². The number of Topliss-reactive ketones (excluding diaryl/α,β-unsaturated/α-hetero) is 1. The molecule has 0 bridgehead atoms. The summed E-state index contributed by atoms with van der Waals surface area (Å²) in [4.78, 5) is 44.1. The lowest BCUT2D eigenvalue weighted by Gasteiger charge is -2.28. The highest BCUT2D eigenvalue weighted by Gasteiger charge is 2.30. The summed E-state index contributed by atoms with van der Waals surface area (Å²) in [7, 11) is -3.68. The molecule has 0 saturated carbocycles. The molecule has 4 rings (SSSR count). The number of para-hydroxylation sites is 2. The molecule has 2 heterocycles. The monoisotopic (exact) mass is 541 g/mol. The van der Waals surface area contributed by atoms with Gasteiger partial charge >= 0.3 is 0 Å². The van der Waals surface area contributed by atoms with E-state index in [1.807, 2.05) is 0 Å². The minimum Gasteiger partial charge on any atom is -0.434 e. The van der Waals surface area contributed by atoms with Crippen LogP contribution in [0.2, 0.25) is 0 Å². The van der Waals surface area contributed by atoms with Crippen molar-refractivity contribution in [2.24, 2.45) is 5.92 Å². The predicted octanol–water partition coefficient (Wildman–Crippen LogP) is 2.39. The fourth-order valence-electron chi connectivity index (χ4n) is 4.28. The van der Waals surface area contributed by atoms with E-state index in [2.05, 4.69) is 10.3 Å². The Labute approximate surface area is 221 Å². The second-order valence-electron chi connectivity index (χ2n) is 9.24. The van der Waals surface area contributed by atoms with Gasteiger partial charge in [-0.2, -0.15) is 0 Å². The lowest BCUT2D eigenvalue weighted by Crippen LogP contribution is -2.44. The Morgan fingerprint density at radius 3 is 2.45 bits per heavy atom. The largest absolute Gasteiger partial charge is 0.434 e. The Balaban J connectivity index is 1.34. The first-order valence-electron chi connectivity index (χ1n) is 12.6. The van der Waals surface area contributed by atoms with Crippen molar-refractivity contribution < 1.29 is 32.0 Å². The minimum atomic E-state index is -3.68. The Hall–Kier alpha value is -3.57. The summed E-state index contributed by atoms with van der Waals surface area (Å²) < 4.78 is 36.6. The summed E-state index contributed by atoms with van der Waals surface area (Å²) in [5.74, 6) is -2.81. The number of morpholine rings is 1. The molecule has 0 spiro atoms. The molecule has 1 saturated heterocycles. The van der Waals surface area contributed by atoms with Gasteiger partial charge in [0.15, 0.2) is 15.4 Å². The third-order valence-corrected chi connectivity index (χ3v) is 7.94. The van der Waals surface area contributed by atoms with Gasteiger partial charge < -0.3 is 19.4 Å². The topological polar surface area (TPSA) is 136 Å². The summed E-state index contributed by atoms with van der Waals surface area (Å²) in [5, 5.41) is 2.71. The Bertz CT molecular complexity index is 1330. The summed E-state index contributed by atoms with van der Waals surface area (Å²) in [6.07, 6.45) is 0.183. The molecule has 1 N–H and O–H groups in total. The van der Waals surface area contributed by atoms with Crippen LogP contribution < -0.4 is 5.32 Å². The molecular weight excluding hydrogens is 510 g/mol. The highest BCUT2D eigenvalue weighted by molar-refractivity contribution is 7.90. The molecule has 1 aromatic heterocycles. The number of oxazole rings is 1. The van der Waals surface area contributed by atoms with Crippen LogP contribution in [-0.2, 0) is 29.9 Å². The number of hydrogen-bond acceptors (Lipinski definition) is 8. The van der Waals surface area contributed by atoms with Gasteiger partial charge in [0.1, 0.15) is 5.52 Å². The average Bonchev–Trinajstić information content (AvgIpc) is 3.36. The van der Waals surface area contributed by atoms with Crippen LogP contribution >= 0.6 is 0 Å². The van der Waals surface area contributed by atoms with Gasteiger partial charge in [-0.05, 0) is 24.1 Å². The van der Waals surface area contributed by atoms with Crippen LogP contribution in [0.5, 0.6) is 0 Å². The van der Waals surface area contributed by atoms with Gasteiger partial charge in [0.05, 0.1) is 30.6 Å². The van der Waals surface area contributed by atoms with E-state index in [1.54, 1.807) is 59.5 Å². The van der Waals surface area contributed by atoms with Crippen LogP contribution in [0.15, 0.2) is 59.0 Å². The van der Waals surface area contributed by atoms with Crippen molar-refractivity contribution in [2.75, 3.05) is 38.6 Å². The number of nitrogens with zero attached hydrogens (tertiary/aromatic N) is 2. The summed E-state index contributed by atoms with van der Waals surface area (Å²) >= 11 is 0. The number of sulfone groups is 1. The molecule has 3 aromatic rings. The first-order valence-corrected chi connectivity index (χ1v) is 14.4. The van der Waals surface area contributed by atoms with Gasteiger partial charge in [0, 0.05) is 32.5 Å². The van der Waals surface area contributed by atoms with Crippen molar-refractivity contribution >= 4 is 38.5 Å². The second kappa shape index (κ2) is 12.8. The van der Waals surface area contributed by atoms with E-state index < -0.39 is 27.4 Å². The van der Waals surface area contributed by atoms with Gasteiger partial charge in [-0.25, -0.2) is 13.4 Å². The number of hydrogen-bond donors (Lipinski definition) is 1. The first-order chi connectivity index (χ1) is 18.3. The number of carbonyl (C=O) groups is 3. The van der Waals surface area contributed by atoms with Gasteiger partial charge in [-0.1, -0.05) is 42.5 Å². The molecule has 0 unspecified atom stereocenters. The number of nitrogens with one attached hydrogen (secondary N) is 1. The fraction of sp³-hybridized carbons (Fsp3) is 0.407. The number of carbonyl (C=O) groups excluding carboxylic acids is 3. The van der Waals surface area contributed by atoms with Gasteiger partial charge in [0.2, 0.25) is 17.6 Å². The molecule has 1 atom stereocenters. The maximum absolute atomic E-state index is 13.0. The van der Waals surface area contributed by atoms with Crippen molar-refractivity contribution in [1.29, 1.82) is 0 Å². The normalized spacial score (nSPS) is 14.8. The number of ketones is 1. The van der Waals surface area contributed by atoms with Crippen molar-refractivity contribution in [3.8, 4) is 0 Å². The van der Waals surface area contributed by atoms with E-state index in [0.29, 0.717) is 49.4 Å². The van der Waals surface area contributed by atoms with Crippen molar-refractivity contribution in [3.63, 3.8) is 0 Å². The zero-order valence-electron chi connectivity index (χ0n) is 21.0. The summed E-state index contributed by atoms with van der Waals surface area (Å²) in [6.45, 7) is 1.77. The number of amides is 2. The van der Waals surface area contributed by atoms with Crippen LogP contribution in [0.1, 0.15) is 35.5 Å². The number of rotatable bonds is 12. The van der Waals surface area contributed by atoms with Crippen molar-refractivity contribution in [3.05, 3.63) is 66.1 Å². The zero-order chi connectivity index (χ0) is 27.0. The highest BCUT2D eigenvalue weighted by Crippen LogP contribution is 2.17. The number of aromatic nitrogens is 1. The van der Waals surface area contributed by atoms with E-state index in [1.165, 1.54) is 0 Å². The molecular formula is C27H31N3O7S. The van der Waals surface area contributed by atoms with Crippen LogP contribution in [0.25, 0.3) is 11.1 Å². The standard InChI is InChI=1S/C27H31N3O7S/c31-23(27-29-22-9-4-5-11-24(22)37-27)10-6-12-28-26(33)21(17-25(32)30-13-15-36-16-14-30)19-38(34,35)18-20-7-2-1-3-8-20/h1-5,7-9,11,21H,6,10,12-19H2,(H,28,33)/t21-/m1/s1. The average molecular weight is 542 g/mol. The maximum atomic E-state index is 13.0. The Kier molecular flexibility index (Phi) is 9.24. The molecule has 1 aliphatic heterocycles. The first kappa shape index (κ1) is 27.5.